The maximum atomic E-state index is 11.0. The summed E-state index contributed by atoms with van der Waals surface area (Å²) in [7, 11) is 1.38. The number of hydrogen-bond acceptors (Lipinski definition) is 2. The Kier molecular flexibility index (Phi) is 4.13. The van der Waals surface area contributed by atoms with Gasteiger partial charge in [-0.3, -0.25) is 0 Å². The third-order valence-corrected chi connectivity index (χ3v) is 2.55. The van der Waals surface area contributed by atoms with Gasteiger partial charge in [0, 0.05) is 9.65 Å². The van der Waals surface area contributed by atoms with Crippen molar-refractivity contribution in [3.05, 3.63) is 39.5 Å². The van der Waals surface area contributed by atoms with Crippen molar-refractivity contribution in [2.45, 2.75) is 6.92 Å². The summed E-state index contributed by atoms with van der Waals surface area (Å²) in [5.41, 5.74) is 1.95. The molecule has 0 aliphatic rings. The molecule has 0 bridgehead atoms. The molecule has 0 aromatic heterocycles. The van der Waals surface area contributed by atoms with Crippen LogP contribution in [0, 0.1) is 3.57 Å². The predicted octanol–water partition coefficient (Wildman–Crippen LogP) is 2.87. The highest BCUT2D eigenvalue weighted by atomic mass is 127. The molecule has 1 aromatic carbocycles. The second-order valence-electron chi connectivity index (χ2n) is 2.86. The minimum absolute atomic E-state index is 0.318. The van der Waals surface area contributed by atoms with Crippen LogP contribution in [0.2, 0.25) is 0 Å². The van der Waals surface area contributed by atoms with Gasteiger partial charge in [0.25, 0.3) is 0 Å². The molecular weight excluding hydrogens is 291 g/mol. The first kappa shape index (κ1) is 11.2. The topological polar surface area (TPSA) is 26.3 Å². The zero-order valence-electron chi connectivity index (χ0n) is 8.08. The summed E-state index contributed by atoms with van der Waals surface area (Å²) < 4.78 is 5.73. The van der Waals surface area contributed by atoms with Crippen LogP contribution < -0.4 is 0 Å². The first-order valence-corrected chi connectivity index (χ1v) is 5.23. The lowest BCUT2D eigenvalue weighted by atomic mass is 10.1. The van der Waals surface area contributed by atoms with Crippen LogP contribution in [0.5, 0.6) is 0 Å². The molecule has 0 aliphatic carbocycles. The van der Waals surface area contributed by atoms with Gasteiger partial charge in [0.1, 0.15) is 0 Å². The Balaban J connectivity index is 2.89. The number of methoxy groups -OCH3 is 1. The highest BCUT2D eigenvalue weighted by Crippen LogP contribution is 2.15. The van der Waals surface area contributed by atoms with Gasteiger partial charge in [-0.2, -0.15) is 0 Å². The lowest BCUT2D eigenvalue weighted by Gasteiger charge is -2.00. The van der Waals surface area contributed by atoms with Crippen LogP contribution in [0.3, 0.4) is 0 Å². The first-order chi connectivity index (χ1) is 6.63. The van der Waals surface area contributed by atoms with Crippen molar-refractivity contribution >= 4 is 34.1 Å². The predicted molar refractivity (Wildman–Crippen MR) is 64.8 cm³/mol. The highest BCUT2D eigenvalue weighted by Gasteiger charge is 1.99. The van der Waals surface area contributed by atoms with Crippen molar-refractivity contribution in [3.63, 3.8) is 0 Å². The summed E-state index contributed by atoms with van der Waals surface area (Å²) in [5, 5.41) is 0. The molecule has 0 N–H and O–H groups in total. The molecule has 14 heavy (non-hydrogen) atoms. The van der Waals surface area contributed by atoms with Crippen LogP contribution in [0.4, 0.5) is 0 Å². The molecule has 0 fully saturated rings. The van der Waals surface area contributed by atoms with E-state index in [1.54, 1.807) is 0 Å². The third-order valence-electron chi connectivity index (χ3n) is 1.84. The van der Waals surface area contributed by atoms with E-state index in [1.165, 1.54) is 16.8 Å². The van der Waals surface area contributed by atoms with Crippen LogP contribution in [0.1, 0.15) is 12.5 Å². The third kappa shape index (κ3) is 3.14. The number of carbonyl (C=O) groups excluding carboxylic acids is 1. The SMILES string of the molecule is COC(=O)C=C(C)c1ccc(I)cc1. The average Bonchev–Trinajstić information content (AvgIpc) is 2.18. The molecule has 1 aromatic rings. The van der Waals surface area contributed by atoms with E-state index in [0.29, 0.717) is 0 Å². The Morgan fingerprint density at radius 2 is 1.93 bits per heavy atom. The summed E-state index contributed by atoms with van der Waals surface area (Å²) in [6, 6.07) is 7.97. The molecule has 0 aliphatic heterocycles. The molecule has 0 saturated carbocycles. The Labute approximate surface area is 97.1 Å². The smallest absolute Gasteiger partial charge is 0.330 e. The van der Waals surface area contributed by atoms with E-state index in [0.717, 1.165) is 11.1 Å². The number of benzene rings is 1. The molecule has 0 amide bonds. The van der Waals surface area contributed by atoms with Gasteiger partial charge in [0.15, 0.2) is 0 Å². The van der Waals surface area contributed by atoms with Gasteiger partial charge in [-0.15, -0.1) is 0 Å². The minimum Gasteiger partial charge on any atom is -0.466 e. The van der Waals surface area contributed by atoms with Crippen LogP contribution >= 0.6 is 22.6 Å². The number of hydrogen-bond donors (Lipinski definition) is 0. The van der Waals surface area contributed by atoms with Crippen LogP contribution in [0.25, 0.3) is 5.57 Å². The lowest BCUT2D eigenvalue weighted by molar-refractivity contribution is -0.134. The average molecular weight is 302 g/mol. The van der Waals surface area contributed by atoms with E-state index in [9.17, 15) is 4.79 Å². The molecule has 2 nitrogen and oxygen atoms in total. The molecule has 0 spiro atoms. The van der Waals surface area contributed by atoms with Gasteiger partial charge in [0.05, 0.1) is 7.11 Å². The van der Waals surface area contributed by atoms with E-state index in [2.05, 4.69) is 27.3 Å². The van der Waals surface area contributed by atoms with Gasteiger partial charge in [-0.05, 0) is 52.8 Å². The Bertz CT molecular complexity index is 352. The van der Waals surface area contributed by atoms with E-state index < -0.39 is 0 Å². The van der Waals surface area contributed by atoms with Gasteiger partial charge < -0.3 is 4.74 Å². The van der Waals surface area contributed by atoms with Crippen molar-refractivity contribution in [3.8, 4) is 0 Å². The number of halogens is 1. The van der Waals surface area contributed by atoms with Crippen molar-refractivity contribution in [2.24, 2.45) is 0 Å². The van der Waals surface area contributed by atoms with E-state index in [-0.39, 0.29) is 5.97 Å². The van der Waals surface area contributed by atoms with Crippen molar-refractivity contribution in [1.82, 2.24) is 0 Å². The van der Waals surface area contributed by atoms with Crippen LogP contribution in [-0.4, -0.2) is 13.1 Å². The second-order valence-corrected chi connectivity index (χ2v) is 4.10. The number of allylic oxidation sites excluding steroid dienone is 1. The van der Waals surface area contributed by atoms with Gasteiger partial charge >= 0.3 is 5.97 Å². The normalized spacial score (nSPS) is 11.2. The van der Waals surface area contributed by atoms with Gasteiger partial charge in [-0.25, -0.2) is 4.79 Å². The summed E-state index contributed by atoms with van der Waals surface area (Å²) in [4.78, 5) is 11.0. The lowest BCUT2D eigenvalue weighted by Crippen LogP contribution is -1.95. The summed E-state index contributed by atoms with van der Waals surface area (Å²) >= 11 is 2.24. The molecule has 3 heteroatoms. The Morgan fingerprint density at radius 1 is 1.36 bits per heavy atom. The zero-order chi connectivity index (χ0) is 10.6. The molecule has 0 unspecified atom stereocenters. The fraction of sp³-hybridized carbons (Fsp3) is 0.182. The number of rotatable bonds is 2. The van der Waals surface area contributed by atoms with Crippen molar-refractivity contribution < 1.29 is 9.53 Å². The van der Waals surface area contributed by atoms with Crippen LogP contribution in [0.15, 0.2) is 30.3 Å². The monoisotopic (exact) mass is 302 g/mol. The number of ether oxygens (including phenoxy) is 1. The van der Waals surface area contributed by atoms with Crippen molar-refractivity contribution in [2.75, 3.05) is 7.11 Å². The molecular formula is C11H11IO2. The summed E-state index contributed by atoms with van der Waals surface area (Å²) in [6.07, 6.45) is 1.49. The highest BCUT2D eigenvalue weighted by molar-refractivity contribution is 14.1. The quantitative estimate of drug-likeness (QED) is 0.477. The molecule has 0 heterocycles. The Morgan fingerprint density at radius 3 is 2.43 bits per heavy atom. The Hall–Kier alpha value is -0.840. The van der Waals surface area contributed by atoms with E-state index in [1.807, 2.05) is 31.2 Å². The van der Waals surface area contributed by atoms with E-state index in [4.69, 9.17) is 0 Å². The molecule has 74 valence electrons. The fourth-order valence-corrected chi connectivity index (χ4v) is 1.39. The maximum absolute atomic E-state index is 11.0. The molecule has 0 atom stereocenters. The van der Waals surface area contributed by atoms with Crippen LogP contribution in [-0.2, 0) is 9.53 Å². The molecule has 0 radical (unpaired) electrons. The minimum atomic E-state index is -0.318. The van der Waals surface area contributed by atoms with Crippen molar-refractivity contribution in [1.29, 1.82) is 0 Å². The maximum Gasteiger partial charge on any atom is 0.330 e. The number of carbonyl (C=O) groups is 1. The second kappa shape index (κ2) is 5.14. The summed E-state index contributed by atoms with van der Waals surface area (Å²) in [5.74, 6) is -0.318. The van der Waals surface area contributed by atoms with E-state index >= 15 is 0 Å². The number of esters is 1. The first-order valence-electron chi connectivity index (χ1n) is 4.15. The fourth-order valence-electron chi connectivity index (χ4n) is 1.03. The van der Waals surface area contributed by atoms with Gasteiger partial charge in [0.2, 0.25) is 0 Å². The largest absolute Gasteiger partial charge is 0.466 e. The summed E-state index contributed by atoms with van der Waals surface area (Å²) in [6.45, 7) is 1.89. The van der Waals surface area contributed by atoms with Gasteiger partial charge in [-0.1, -0.05) is 12.1 Å². The molecule has 0 saturated heterocycles. The zero-order valence-corrected chi connectivity index (χ0v) is 10.2. The standard InChI is InChI=1S/C11H11IO2/c1-8(7-11(13)14-2)9-3-5-10(12)6-4-9/h3-7H,1-2H3. The molecule has 1 rings (SSSR count).